The molecule has 0 spiro atoms. The predicted octanol–water partition coefficient (Wildman–Crippen LogP) is 4.37. The van der Waals surface area contributed by atoms with E-state index < -0.39 is 0 Å². The van der Waals surface area contributed by atoms with Gasteiger partial charge in [0.2, 0.25) is 0 Å². The summed E-state index contributed by atoms with van der Waals surface area (Å²) in [5, 5.41) is 4.08. The van der Waals surface area contributed by atoms with Crippen LogP contribution >= 0.6 is 23.2 Å². The molecule has 1 nitrogen and oxygen atoms in total. The number of alkyl halides is 1. The molecule has 0 bridgehead atoms. The Hall–Kier alpha value is -0.310. The lowest BCUT2D eigenvalue weighted by molar-refractivity contribution is 0.282. The van der Waals surface area contributed by atoms with E-state index >= 15 is 0 Å². The molecule has 2 unspecified atom stereocenters. The maximum Gasteiger partial charge on any atom is 0.123 e. The summed E-state index contributed by atoms with van der Waals surface area (Å²) in [7, 11) is 0. The summed E-state index contributed by atoms with van der Waals surface area (Å²) in [6.07, 6.45) is 4.82. The smallest absolute Gasteiger partial charge is 0.123 e. The number of benzene rings is 1. The Bertz CT molecular complexity index is 397. The van der Waals surface area contributed by atoms with Gasteiger partial charge in [-0.2, -0.15) is 0 Å². The molecule has 4 heteroatoms. The highest BCUT2D eigenvalue weighted by atomic mass is 35.5. The Morgan fingerprint density at radius 2 is 2.06 bits per heavy atom. The summed E-state index contributed by atoms with van der Waals surface area (Å²) < 4.78 is 13.1. The first-order valence-electron chi connectivity index (χ1n) is 6.44. The van der Waals surface area contributed by atoms with Gasteiger partial charge in [0.25, 0.3) is 0 Å². The maximum atomic E-state index is 13.1. The molecule has 0 heterocycles. The zero-order chi connectivity index (χ0) is 13.0. The minimum absolute atomic E-state index is 0.242. The second-order valence-corrected chi connectivity index (χ2v) is 5.64. The van der Waals surface area contributed by atoms with Crippen LogP contribution in [0.5, 0.6) is 0 Å². The lowest BCUT2D eigenvalue weighted by Gasteiger charge is -2.31. The van der Waals surface area contributed by atoms with Crippen molar-refractivity contribution in [2.45, 2.75) is 38.3 Å². The summed E-state index contributed by atoms with van der Waals surface area (Å²) >= 11 is 12.0. The van der Waals surface area contributed by atoms with Crippen molar-refractivity contribution in [2.75, 3.05) is 5.88 Å². The van der Waals surface area contributed by atoms with Gasteiger partial charge in [0.05, 0.1) is 0 Å². The van der Waals surface area contributed by atoms with Gasteiger partial charge >= 0.3 is 0 Å². The molecule has 0 aliphatic heterocycles. The largest absolute Gasteiger partial charge is 0.310 e. The molecule has 2 atom stereocenters. The molecular formula is C14H18Cl2FN. The van der Waals surface area contributed by atoms with Crippen molar-refractivity contribution in [1.82, 2.24) is 5.32 Å². The van der Waals surface area contributed by atoms with Gasteiger partial charge < -0.3 is 5.32 Å². The van der Waals surface area contributed by atoms with E-state index in [9.17, 15) is 4.39 Å². The zero-order valence-corrected chi connectivity index (χ0v) is 11.8. The minimum Gasteiger partial charge on any atom is -0.310 e. The van der Waals surface area contributed by atoms with E-state index in [0.29, 0.717) is 29.4 Å². The second-order valence-electron chi connectivity index (χ2n) is 4.92. The number of nitrogens with one attached hydrogen (secondary N) is 1. The predicted molar refractivity (Wildman–Crippen MR) is 74.7 cm³/mol. The van der Waals surface area contributed by atoms with Gasteiger partial charge in [0, 0.05) is 23.5 Å². The fraction of sp³-hybridized carbons (Fsp3) is 0.571. The Morgan fingerprint density at radius 3 is 2.83 bits per heavy atom. The van der Waals surface area contributed by atoms with Crippen LogP contribution < -0.4 is 5.32 Å². The Labute approximate surface area is 118 Å². The molecule has 1 saturated carbocycles. The van der Waals surface area contributed by atoms with Crippen LogP contribution in [0, 0.1) is 11.7 Å². The molecule has 0 amide bonds. The van der Waals surface area contributed by atoms with E-state index in [1.54, 1.807) is 6.07 Å². The summed E-state index contributed by atoms with van der Waals surface area (Å²) in [5.41, 5.74) is 0.815. The zero-order valence-electron chi connectivity index (χ0n) is 10.3. The summed E-state index contributed by atoms with van der Waals surface area (Å²) in [5.74, 6) is 0.968. The van der Waals surface area contributed by atoms with E-state index in [1.807, 2.05) is 0 Å². The van der Waals surface area contributed by atoms with E-state index in [2.05, 4.69) is 5.32 Å². The van der Waals surface area contributed by atoms with E-state index in [-0.39, 0.29) is 5.82 Å². The maximum absolute atomic E-state index is 13.1. The lowest BCUT2D eigenvalue weighted by atomic mass is 9.85. The minimum atomic E-state index is -0.242. The first-order valence-corrected chi connectivity index (χ1v) is 7.35. The van der Waals surface area contributed by atoms with Crippen LogP contribution in [0.2, 0.25) is 5.02 Å². The number of halogens is 3. The van der Waals surface area contributed by atoms with Gasteiger partial charge in [0.15, 0.2) is 0 Å². The van der Waals surface area contributed by atoms with Crippen LogP contribution in [0.15, 0.2) is 18.2 Å². The van der Waals surface area contributed by atoms with E-state index in [1.165, 1.54) is 31.4 Å². The summed E-state index contributed by atoms with van der Waals surface area (Å²) in [4.78, 5) is 0. The van der Waals surface area contributed by atoms with Crippen molar-refractivity contribution in [3.63, 3.8) is 0 Å². The van der Waals surface area contributed by atoms with Crippen LogP contribution in [0.4, 0.5) is 4.39 Å². The molecule has 0 saturated heterocycles. The molecule has 0 aromatic heterocycles. The monoisotopic (exact) mass is 289 g/mol. The topological polar surface area (TPSA) is 12.0 Å². The Morgan fingerprint density at radius 1 is 1.28 bits per heavy atom. The van der Waals surface area contributed by atoms with Crippen LogP contribution in [0.3, 0.4) is 0 Å². The van der Waals surface area contributed by atoms with Gasteiger partial charge in [-0.15, -0.1) is 11.6 Å². The van der Waals surface area contributed by atoms with E-state index in [4.69, 9.17) is 23.2 Å². The number of hydrogen-bond acceptors (Lipinski definition) is 1. The van der Waals surface area contributed by atoms with Crippen LogP contribution in [-0.4, -0.2) is 11.9 Å². The highest BCUT2D eigenvalue weighted by Crippen LogP contribution is 2.26. The second kappa shape index (κ2) is 6.74. The SMILES string of the molecule is Fc1ccc(Cl)c(CNC2CCCCC2CCl)c1. The first-order chi connectivity index (χ1) is 8.70. The molecule has 1 aliphatic carbocycles. The first kappa shape index (κ1) is 14.1. The van der Waals surface area contributed by atoms with Crippen LogP contribution in [0.25, 0.3) is 0 Å². The molecule has 1 fully saturated rings. The molecule has 2 rings (SSSR count). The van der Waals surface area contributed by atoms with Crippen molar-refractivity contribution in [2.24, 2.45) is 5.92 Å². The fourth-order valence-electron chi connectivity index (χ4n) is 2.58. The molecule has 1 aliphatic rings. The van der Waals surface area contributed by atoms with Crippen molar-refractivity contribution < 1.29 is 4.39 Å². The quantitative estimate of drug-likeness (QED) is 0.812. The Kier molecular flexibility index (Phi) is 5.28. The van der Waals surface area contributed by atoms with Gasteiger partial charge in [-0.3, -0.25) is 0 Å². The highest BCUT2D eigenvalue weighted by Gasteiger charge is 2.23. The molecule has 1 aromatic carbocycles. The third-order valence-corrected chi connectivity index (χ3v) is 4.43. The number of hydrogen-bond donors (Lipinski definition) is 1. The standard InChI is InChI=1S/C14H18Cl2FN/c15-8-10-3-1-2-4-14(10)18-9-11-7-12(17)5-6-13(11)16/h5-7,10,14,18H,1-4,8-9H2. The van der Waals surface area contributed by atoms with Gasteiger partial charge in [-0.1, -0.05) is 24.4 Å². The van der Waals surface area contributed by atoms with Crippen molar-refractivity contribution in [3.8, 4) is 0 Å². The average Bonchev–Trinajstić information content (AvgIpc) is 2.40. The average molecular weight is 290 g/mol. The summed E-state index contributed by atoms with van der Waals surface area (Å²) in [6, 6.07) is 4.91. The van der Waals surface area contributed by atoms with Gasteiger partial charge in [-0.05, 0) is 42.5 Å². The van der Waals surface area contributed by atoms with Crippen molar-refractivity contribution in [3.05, 3.63) is 34.6 Å². The van der Waals surface area contributed by atoms with Gasteiger partial charge in [-0.25, -0.2) is 4.39 Å². The third kappa shape index (κ3) is 3.59. The molecule has 1 N–H and O–H groups in total. The van der Waals surface area contributed by atoms with Crippen LogP contribution in [0.1, 0.15) is 31.2 Å². The summed E-state index contributed by atoms with van der Waals surface area (Å²) in [6.45, 7) is 0.606. The lowest BCUT2D eigenvalue weighted by Crippen LogP contribution is -2.39. The fourth-order valence-corrected chi connectivity index (χ4v) is 3.13. The van der Waals surface area contributed by atoms with Crippen molar-refractivity contribution >= 4 is 23.2 Å². The molecule has 0 radical (unpaired) electrons. The molecule has 100 valence electrons. The number of rotatable bonds is 4. The molecule has 1 aromatic rings. The Balaban J connectivity index is 1.95. The van der Waals surface area contributed by atoms with Crippen molar-refractivity contribution in [1.29, 1.82) is 0 Å². The van der Waals surface area contributed by atoms with E-state index in [0.717, 1.165) is 12.0 Å². The molecule has 18 heavy (non-hydrogen) atoms. The normalized spacial score (nSPS) is 24.2. The third-order valence-electron chi connectivity index (χ3n) is 3.67. The molecular weight excluding hydrogens is 272 g/mol. The van der Waals surface area contributed by atoms with Crippen LogP contribution in [-0.2, 0) is 6.54 Å². The van der Waals surface area contributed by atoms with Gasteiger partial charge in [0.1, 0.15) is 5.82 Å². The highest BCUT2D eigenvalue weighted by molar-refractivity contribution is 6.31.